The topological polar surface area (TPSA) is 55.8 Å². The van der Waals surface area contributed by atoms with Crippen molar-refractivity contribution >= 4 is 5.96 Å². The second kappa shape index (κ2) is 2.81. The summed E-state index contributed by atoms with van der Waals surface area (Å²) in [6.45, 7) is 5.24. The van der Waals surface area contributed by atoms with Gasteiger partial charge in [-0.1, -0.05) is 4.90 Å². The molecule has 0 aromatic heterocycles. The van der Waals surface area contributed by atoms with Gasteiger partial charge in [-0.25, -0.2) is 5.41 Å². The van der Waals surface area contributed by atoms with Crippen molar-refractivity contribution in [1.29, 1.82) is 5.41 Å². The normalized spacial score (nSPS) is 24.9. The monoisotopic (exact) mass is 155 g/mol. The van der Waals surface area contributed by atoms with Gasteiger partial charge in [-0.3, -0.25) is 0 Å². The Labute approximate surface area is 68.1 Å². The molecular weight excluding hydrogens is 138 g/mol. The maximum absolute atomic E-state index is 7.35. The van der Waals surface area contributed by atoms with Crippen LogP contribution in [-0.4, -0.2) is 18.0 Å². The predicted molar refractivity (Wildman–Crippen MR) is 46.8 cm³/mol. The molecule has 0 atom stereocenters. The molecule has 3 heteroatoms. The summed E-state index contributed by atoms with van der Waals surface area (Å²) in [6, 6.07) is 0. The van der Waals surface area contributed by atoms with Crippen molar-refractivity contribution in [2.75, 3.05) is 6.54 Å². The quantitative estimate of drug-likeness (QED) is 0.306. The molecule has 1 radical (unpaired) electrons. The molecular formula is C8H17N3+. The zero-order chi connectivity index (χ0) is 8.48. The second-order valence-corrected chi connectivity index (χ2v) is 3.81. The predicted octanol–water partition coefficient (Wildman–Crippen LogP) is 0.982. The molecule has 1 aliphatic rings. The SMILES string of the molecule is CC1(C)CCCC[N+]1C(=N)N. The first-order valence-electron chi connectivity index (χ1n) is 4.16. The van der Waals surface area contributed by atoms with Crippen molar-refractivity contribution in [3.63, 3.8) is 0 Å². The molecule has 0 unspecified atom stereocenters. The van der Waals surface area contributed by atoms with E-state index in [1.165, 1.54) is 12.8 Å². The average molecular weight is 155 g/mol. The van der Waals surface area contributed by atoms with Crippen molar-refractivity contribution < 1.29 is 0 Å². The summed E-state index contributed by atoms with van der Waals surface area (Å²) < 4.78 is 0. The minimum Gasteiger partial charge on any atom is -0.334 e. The summed E-state index contributed by atoms with van der Waals surface area (Å²) >= 11 is 0. The molecule has 11 heavy (non-hydrogen) atoms. The molecule has 1 aliphatic heterocycles. The molecule has 3 N–H and O–H groups in total. The molecule has 0 spiro atoms. The van der Waals surface area contributed by atoms with Gasteiger partial charge in [0.1, 0.15) is 12.1 Å². The van der Waals surface area contributed by atoms with Crippen LogP contribution >= 0.6 is 0 Å². The van der Waals surface area contributed by atoms with Gasteiger partial charge in [0.25, 0.3) is 0 Å². The highest BCUT2D eigenvalue weighted by molar-refractivity contribution is 5.78. The van der Waals surface area contributed by atoms with Gasteiger partial charge in [0.15, 0.2) is 0 Å². The molecule has 0 bridgehead atoms. The van der Waals surface area contributed by atoms with E-state index in [1.54, 1.807) is 0 Å². The summed E-state index contributed by atoms with van der Waals surface area (Å²) in [5.74, 6) is 0.217. The van der Waals surface area contributed by atoms with Gasteiger partial charge in [0.2, 0.25) is 0 Å². The largest absolute Gasteiger partial charge is 0.342 e. The minimum absolute atomic E-state index is 0.101. The average Bonchev–Trinajstić information content (AvgIpc) is 1.85. The third-order valence-electron chi connectivity index (χ3n) is 2.44. The highest BCUT2D eigenvalue weighted by atomic mass is 15.3. The smallest absolute Gasteiger partial charge is 0.334 e. The zero-order valence-electron chi connectivity index (χ0n) is 7.35. The third kappa shape index (κ3) is 1.71. The third-order valence-corrected chi connectivity index (χ3v) is 2.44. The van der Waals surface area contributed by atoms with E-state index in [0.29, 0.717) is 0 Å². The molecule has 63 valence electrons. The van der Waals surface area contributed by atoms with Crippen LogP contribution in [0.5, 0.6) is 0 Å². The van der Waals surface area contributed by atoms with E-state index in [-0.39, 0.29) is 11.5 Å². The first-order valence-corrected chi connectivity index (χ1v) is 4.16. The van der Waals surface area contributed by atoms with Gasteiger partial charge in [-0.05, 0) is 20.3 Å². The summed E-state index contributed by atoms with van der Waals surface area (Å²) in [5.41, 5.74) is 5.55. The number of guanidine groups is 1. The van der Waals surface area contributed by atoms with Gasteiger partial charge in [0.05, 0.1) is 0 Å². The van der Waals surface area contributed by atoms with E-state index in [0.717, 1.165) is 13.0 Å². The molecule has 1 saturated heterocycles. The number of rotatable bonds is 0. The summed E-state index contributed by atoms with van der Waals surface area (Å²) in [5, 5.41) is 7.35. The molecule has 0 aliphatic carbocycles. The Morgan fingerprint density at radius 3 is 2.45 bits per heavy atom. The lowest BCUT2D eigenvalue weighted by Crippen LogP contribution is -2.57. The van der Waals surface area contributed by atoms with E-state index in [4.69, 9.17) is 11.1 Å². The Hall–Kier alpha value is -0.570. The van der Waals surface area contributed by atoms with Crippen LogP contribution in [0.25, 0.3) is 0 Å². The fourth-order valence-corrected chi connectivity index (χ4v) is 1.71. The Kier molecular flexibility index (Phi) is 2.18. The zero-order valence-corrected chi connectivity index (χ0v) is 7.35. The van der Waals surface area contributed by atoms with Gasteiger partial charge in [-0.15, -0.1) is 0 Å². The maximum atomic E-state index is 7.35. The fraction of sp³-hybridized carbons (Fsp3) is 0.875. The number of nitrogens with two attached hydrogens (primary N) is 1. The van der Waals surface area contributed by atoms with E-state index < -0.39 is 0 Å². The van der Waals surface area contributed by atoms with Crippen molar-refractivity contribution in [2.24, 2.45) is 5.73 Å². The molecule has 0 saturated carbocycles. The van der Waals surface area contributed by atoms with Crippen LogP contribution in [-0.2, 0) is 0 Å². The Morgan fingerprint density at radius 2 is 2.09 bits per heavy atom. The van der Waals surface area contributed by atoms with Crippen LogP contribution in [0.4, 0.5) is 0 Å². The standard InChI is InChI=1S/C8H17N3/c1-8(2)5-3-4-6-11(8)7(9)10/h3-6H2,1-2H3,(H3,9,10)/q+1. The lowest BCUT2D eigenvalue weighted by Gasteiger charge is -2.30. The van der Waals surface area contributed by atoms with E-state index >= 15 is 0 Å². The van der Waals surface area contributed by atoms with Crippen molar-refractivity contribution in [1.82, 2.24) is 4.90 Å². The molecule has 0 aromatic rings. The molecule has 3 nitrogen and oxygen atoms in total. The van der Waals surface area contributed by atoms with E-state index in [1.807, 2.05) is 4.90 Å². The molecule has 1 rings (SSSR count). The van der Waals surface area contributed by atoms with Crippen LogP contribution in [0, 0.1) is 5.41 Å². The highest BCUT2D eigenvalue weighted by Gasteiger charge is 2.41. The van der Waals surface area contributed by atoms with Gasteiger partial charge in [0, 0.05) is 12.8 Å². The number of hydrogen-bond acceptors (Lipinski definition) is 1. The first kappa shape index (κ1) is 8.53. The van der Waals surface area contributed by atoms with Crippen LogP contribution in [0.15, 0.2) is 0 Å². The van der Waals surface area contributed by atoms with Gasteiger partial charge < -0.3 is 5.73 Å². The van der Waals surface area contributed by atoms with Crippen LogP contribution in [0.2, 0.25) is 0 Å². The van der Waals surface area contributed by atoms with Gasteiger partial charge in [-0.2, -0.15) is 0 Å². The summed E-state index contributed by atoms with van der Waals surface area (Å²) in [7, 11) is 0. The summed E-state index contributed by atoms with van der Waals surface area (Å²) in [6.07, 6.45) is 3.58. The van der Waals surface area contributed by atoms with Crippen LogP contribution < -0.4 is 10.6 Å². The molecule has 0 aromatic carbocycles. The van der Waals surface area contributed by atoms with E-state index in [9.17, 15) is 0 Å². The summed E-state index contributed by atoms with van der Waals surface area (Å²) in [4.78, 5) is 1.98. The fourth-order valence-electron chi connectivity index (χ4n) is 1.71. The number of piperidine rings is 1. The Morgan fingerprint density at radius 1 is 1.45 bits per heavy atom. The second-order valence-electron chi connectivity index (χ2n) is 3.81. The molecule has 0 amide bonds. The number of hydrogen-bond donors (Lipinski definition) is 2. The van der Waals surface area contributed by atoms with Gasteiger partial charge >= 0.3 is 5.96 Å². The van der Waals surface area contributed by atoms with Crippen LogP contribution in [0.1, 0.15) is 33.1 Å². The lowest BCUT2D eigenvalue weighted by atomic mass is 9.91. The van der Waals surface area contributed by atoms with E-state index in [2.05, 4.69) is 13.8 Å². The molecule has 1 fully saturated rings. The van der Waals surface area contributed by atoms with Crippen LogP contribution in [0.3, 0.4) is 0 Å². The maximum Gasteiger partial charge on any atom is 0.342 e. The minimum atomic E-state index is 0.101. The highest BCUT2D eigenvalue weighted by Crippen LogP contribution is 2.23. The lowest BCUT2D eigenvalue weighted by molar-refractivity contribution is 0.238. The first-order chi connectivity index (χ1) is 5.04. The Balaban J connectivity index is 2.67. The number of nitrogens with zero attached hydrogens (tertiary/aromatic N) is 1. The molecule has 1 heterocycles. The van der Waals surface area contributed by atoms with Crippen molar-refractivity contribution in [3.05, 3.63) is 0 Å². The Bertz CT molecular complexity index is 163. The van der Waals surface area contributed by atoms with Crippen molar-refractivity contribution in [2.45, 2.75) is 38.6 Å². The number of nitrogens with one attached hydrogen (secondary N) is 1. The van der Waals surface area contributed by atoms with Crippen molar-refractivity contribution in [3.8, 4) is 0 Å². The number of likely N-dealkylation sites (tertiary alicyclic amines) is 1.